The third-order valence-corrected chi connectivity index (χ3v) is 6.01. The first kappa shape index (κ1) is 22.2. The summed E-state index contributed by atoms with van der Waals surface area (Å²) in [4.78, 5) is 0. The number of hydrogen-bond donors (Lipinski definition) is 6. The van der Waals surface area contributed by atoms with Crippen LogP contribution >= 0.6 is 0 Å². The SMILES string of the molecule is C/C(NN)=C1/NCCC(Nc2ccc(OCCO)cc2)c2cc(C3=CCNCC3)ccc21. The number of nitrogens with one attached hydrogen (secondary N) is 4. The van der Waals surface area contributed by atoms with Gasteiger partial charge in [0.1, 0.15) is 12.4 Å². The predicted octanol–water partition coefficient (Wildman–Crippen LogP) is 2.73. The first-order valence-corrected chi connectivity index (χ1v) is 11.3. The maximum absolute atomic E-state index is 8.95. The Kier molecular flexibility index (Phi) is 7.32. The Morgan fingerprint density at radius 2 is 2.03 bits per heavy atom. The lowest BCUT2D eigenvalue weighted by molar-refractivity contribution is 0.201. The standard InChI is InChI=1S/C25H33N5O2/c1-17(30-26)25-22-7-2-19(18-8-11-27-12-9-18)16-23(22)24(10-13-28-25)29-20-3-5-21(6-4-20)32-15-14-31/h2-8,16,24,27-31H,9-15,26H2,1H3/b25-17-. The molecule has 1 unspecified atom stereocenters. The molecule has 0 bridgehead atoms. The number of aliphatic hydroxyl groups is 1. The quantitative estimate of drug-likeness (QED) is 0.294. The first-order chi connectivity index (χ1) is 15.7. The van der Waals surface area contributed by atoms with Crippen LogP contribution in [0.1, 0.15) is 42.5 Å². The van der Waals surface area contributed by atoms with Gasteiger partial charge in [0.15, 0.2) is 0 Å². The Hall–Kier alpha value is -3.00. The Morgan fingerprint density at radius 3 is 2.75 bits per heavy atom. The predicted molar refractivity (Wildman–Crippen MR) is 130 cm³/mol. The van der Waals surface area contributed by atoms with E-state index in [0.717, 1.165) is 60.9 Å². The van der Waals surface area contributed by atoms with Crippen molar-refractivity contribution in [2.45, 2.75) is 25.8 Å². The second-order valence-electron chi connectivity index (χ2n) is 8.14. The minimum atomic E-state index is 0.00755. The largest absolute Gasteiger partial charge is 0.491 e. The lowest BCUT2D eigenvalue weighted by Gasteiger charge is -2.23. The number of fused-ring (bicyclic) bond motifs is 1. The summed E-state index contributed by atoms with van der Waals surface area (Å²) >= 11 is 0. The molecule has 0 radical (unpaired) electrons. The van der Waals surface area contributed by atoms with Crippen LogP contribution in [0.25, 0.3) is 11.3 Å². The van der Waals surface area contributed by atoms with Crippen molar-refractivity contribution >= 4 is 17.0 Å². The van der Waals surface area contributed by atoms with Crippen molar-refractivity contribution in [2.24, 2.45) is 5.84 Å². The van der Waals surface area contributed by atoms with Crippen LogP contribution in [0, 0.1) is 0 Å². The van der Waals surface area contributed by atoms with Crippen molar-refractivity contribution < 1.29 is 9.84 Å². The fourth-order valence-electron chi connectivity index (χ4n) is 4.32. The molecule has 0 aromatic heterocycles. The smallest absolute Gasteiger partial charge is 0.119 e. The van der Waals surface area contributed by atoms with E-state index >= 15 is 0 Å². The number of ether oxygens (including phenoxy) is 1. The molecule has 2 aliphatic heterocycles. The first-order valence-electron chi connectivity index (χ1n) is 11.3. The number of hydrazine groups is 1. The van der Waals surface area contributed by atoms with Gasteiger partial charge in [0, 0.05) is 30.0 Å². The maximum Gasteiger partial charge on any atom is 0.119 e. The Balaban J connectivity index is 1.67. The zero-order valence-corrected chi connectivity index (χ0v) is 18.6. The fraction of sp³-hybridized carbons (Fsp3) is 0.360. The molecule has 0 spiro atoms. The average molecular weight is 436 g/mol. The summed E-state index contributed by atoms with van der Waals surface area (Å²) in [6.45, 7) is 5.06. The minimum absolute atomic E-state index is 0.00755. The lowest BCUT2D eigenvalue weighted by Crippen LogP contribution is -2.25. The monoisotopic (exact) mass is 435 g/mol. The van der Waals surface area contributed by atoms with Crippen LogP contribution in [0.15, 0.2) is 54.2 Å². The van der Waals surface area contributed by atoms with Gasteiger partial charge in [0.2, 0.25) is 0 Å². The number of nitrogens with two attached hydrogens (primary N) is 1. The molecule has 7 heteroatoms. The molecule has 0 fully saturated rings. The van der Waals surface area contributed by atoms with Crippen molar-refractivity contribution in [2.75, 3.05) is 38.2 Å². The van der Waals surface area contributed by atoms with Gasteiger partial charge in [-0.15, -0.1) is 0 Å². The molecule has 2 aromatic carbocycles. The van der Waals surface area contributed by atoms with Crippen molar-refractivity contribution in [3.63, 3.8) is 0 Å². The van der Waals surface area contributed by atoms with Gasteiger partial charge in [-0.2, -0.15) is 0 Å². The second kappa shape index (κ2) is 10.5. The van der Waals surface area contributed by atoms with Gasteiger partial charge in [-0.25, -0.2) is 0 Å². The molecular weight excluding hydrogens is 402 g/mol. The van der Waals surface area contributed by atoms with Crippen molar-refractivity contribution in [1.82, 2.24) is 16.1 Å². The highest BCUT2D eigenvalue weighted by atomic mass is 16.5. The molecule has 0 amide bonds. The zero-order valence-electron chi connectivity index (χ0n) is 18.6. The molecule has 2 aromatic rings. The van der Waals surface area contributed by atoms with Gasteiger partial charge in [-0.1, -0.05) is 18.2 Å². The fourth-order valence-corrected chi connectivity index (χ4v) is 4.32. The van der Waals surface area contributed by atoms with Crippen LogP contribution in [-0.2, 0) is 0 Å². The molecule has 4 rings (SSSR count). The van der Waals surface area contributed by atoms with E-state index in [-0.39, 0.29) is 12.6 Å². The molecule has 32 heavy (non-hydrogen) atoms. The van der Waals surface area contributed by atoms with Gasteiger partial charge in [0.25, 0.3) is 0 Å². The summed E-state index contributed by atoms with van der Waals surface area (Å²) in [6.07, 6.45) is 4.26. The molecule has 0 aliphatic carbocycles. The van der Waals surface area contributed by atoms with Crippen molar-refractivity contribution in [3.8, 4) is 5.75 Å². The van der Waals surface area contributed by atoms with E-state index in [1.165, 1.54) is 16.7 Å². The number of benzene rings is 2. The highest BCUT2D eigenvalue weighted by molar-refractivity contribution is 5.75. The van der Waals surface area contributed by atoms with E-state index in [1.807, 2.05) is 31.2 Å². The number of rotatable bonds is 7. The maximum atomic E-state index is 8.95. The summed E-state index contributed by atoms with van der Waals surface area (Å²) in [7, 11) is 0. The second-order valence-corrected chi connectivity index (χ2v) is 8.14. The third kappa shape index (κ3) is 5.07. The minimum Gasteiger partial charge on any atom is -0.491 e. The molecule has 2 aliphatic rings. The molecule has 1 atom stereocenters. The summed E-state index contributed by atoms with van der Waals surface area (Å²) in [5.41, 5.74) is 10.9. The van der Waals surface area contributed by atoms with Gasteiger partial charge < -0.3 is 31.2 Å². The highest BCUT2D eigenvalue weighted by Crippen LogP contribution is 2.35. The van der Waals surface area contributed by atoms with Gasteiger partial charge in [-0.3, -0.25) is 5.84 Å². The molecule has 7 N–H and O–H groups in total. The van der Waals surface area contributed by atoms with E-state index in [0.29, 0.717) is 6.61 Å². The average Bonchev–Trinajstić information content (AvgIpc) is 3.02. The summed E-state index contributed by atoms with van der Waals surface area (Å²) in [6, 6.07) is 14.8. The van der Waals surface area contributed by atoms with E-state index in [1.54, 1.807) is 0 Å². The number of allylic oxidation sites excluding steroid dienone is 1. The van der Waals surface area contributed by atoms with Crippen LogP contribution in [0.5, 0.6) is 5.75 Å². The van der Waals surface area contributed by atoms with Gasteiger partial charge in [0.05, 0.1) is 18.3 Å². The zero-order chi connectivity index (χ0) is 22.3. The highest BCUT2D eigenvalue weighted by Gasteiger charge is 2.23. The van der Waals surface area contributed by atoms with Crippen LogP contribution < -0.4 is 32.0 Å². The molecular formula is C25H33N5O2. The normalized spacial score (nSPS) is 19.7. The number of aliphatic hydroxyl groups excluding tert-OH is 1. The van der Waals surface area contributed by atoms with E-state index in [2.05, 4.69) is 45.7 Å². The van der Waals surface area contributed by atoms with Gasteiger partial charge >= 0.3 is 0 Å². The molecule has 7 nitrogen and oxygen atoms in total. The van der Waals surface area contributed by atoms with Crippen molar-refractivity contribution in [1.29, 1.82) is 0 Å². The van der Waals surface area contributed by atoms with E-state index in [9.17, 15) is 0 Å². The summed E-state index contributed by atoms with van der Waals surface area (Å²) in [5, 5.41) is 19.6. The molecule has 0 saturated heterocycles. The number of hydrogen-bond acceptors (Lipinski definition) is 7. The third-order valence-electron chi connectivity index (χ3n) is 6.01. The van der Waals surface area contributed by atoms with Crippen LogP contribution in [-0.4, -0.2) is 38.0 Å². The van der Waals surface area contributed by atoms with E-state index in [4.69, 9.17) is 15.7 Å². The number of anilines is 1. The topological polar surface area (TPSA) is 104 Å². The molecule has 0 saturated carbocycles. The summed E-state index contributed by atoms with van der Waals surface area (Å²) in [5.74, 6) is 6.51. The molecule has 2 heterocycles. The Labute approximate surface area is 189 Å². The lowest BCUT2D eigenvalue weighted by atomic mass is 9.91. The molecule has 170 valence electrons. The van der Waals surface area contributed by atoms with Crippen LogP contribution in [0.2, 0.25) is 0 Å². The summed E-state index contributed by atoms with van der Waals surface area (Å²) < 4.78 is 5.49. The van der Waals surface area contributed by atoms with Crippen LogP contribution in [0.3, 0.4) is 0 Å². The van der Waals surface area contributed by atoms with Crippen LogP contribution in [0.4, 0.5) is 5.69 Å². The van der Waals surface area contributed by atoms with E-state index < -0.39 is 0 Å². The Bertz CT molecular complexity index is 984. The van der Waals surface area contributed by atoms with Gasteiger partial charge in [-0.05, 0) is 73.3 Å². The Morgan fingerprint density at radius 1 is 1.19 bits per heavy atom. The van der Waals surface area contributed by atoms with Crippen molar-refractivity contribution in [3.05, 3.63) is 70.9 Å².